The van der Waals surface area contributed by atoms with E-state index in [1.165, 1.54) is 0 Å². The van der Waals surface area contributed by atoms with Crippen molar-refractivity contribution in [1.82, 2.24) is 9.97 Å². The van der Waals surface area contributed by atoms with Crippen molar-refractivity contribution in [2.75, 3.05) is 19.5 Å². The van der Waals surface area contributed by atoms with Crippen molar-refractivity contribution < 1.29 is 4.74 Å². The molecule has 0 aliphatic carbocycles. The Labute approximate surface area is 130 Å². The molecule has 0 atom stereocenters. The van der Waals surface area contributed by atoms with Gasteiger partial charge in [-0.3, -0.25) is 0 Å². The summed E-state index contributed by atoms with van der Waals surface area (Å²) in [4.78, 5) is 9.03. The Balaban J connectivity index is 2.58. The topological polar surface area (TPSA) is 47.0 Å². The highest BCUT2D eigenvalue weighted by Crippen LogP contribution is 2.28. The number of nitrogens with one attached hydrogen (secondary N) is 1. The third-order valence-electron chi connectivity index (χ3n) is 2.55. The monoisotopic (exact) mass is 389 g/mol. The number of hydrogen-bond acceptors (Lipinski definition) is 4. The second-order valence-electron chi connectivity index (χ2n) is 3.82. The molecule has 1 aromatic carbocycles. The lowest BCUT2D eigenvalue weighted by molar-refractivity contribution is 0.181. The van der Waals surface area contributed by atoms with Gasteiger partial charge in [0.2, 0.25) is 0 Å². The Morgan fingerprint density at radius 1 is 1.32 bits per heavy atom. The molecule has 2 rings (SSSR count). The average molecular weight is 390 g/mol. The molecule has 0 radical (unpaired) electrons. The fourth-order valence-electron chi connectivity index (χ4n) is 1.65. The number of rotatable bonds is 4. The van der Waals surface area contributed by atoms with Crippen molar-refractivity contribution in [3.05, 3.63) is 38.6 Å². The lowest BCUT2D eigenvalue weighted by Crippen LogP contribution is -2.06. The smallest absolute Gasteiger partial charge is 0.163 e. The van der Waals surface area contributed by atoms with Crippen LogP contribution in [0, 0.1) is 3.57 Å². The summed E-state index contributed by atoms with van der Waals surface area (Å²) in [5, 5.41) is 3.70. The first-order valence-corrected chi connectivity index (χ1v) is 7.11. The van der Waals surface area contributed by atoms with Gasteiger partial charge in [-0.15, -0.1) is 0 Å². The maximum absolute atomic E-state index is 6.19. The fourth-order valence-corrected chi connectivity index (χ4v) is 2.54. The van der Waals surface area contributed by atoms with Crippen LogP contribution in [-0.2, 0) is 11.3 Å². The van der Waals surface area contributed by atoms with Crippen LogP contribution in [0.1, 0.15) is 5.69 Å². The molecule has 0 unspecified atom stereocenters. The van der Waals surface area contributed by atoms with Gasteiger partial charge >= 0.3 is 0 Å². The van der Waals surface area contributed by atoms with E-state index in [9.17, 15) is 0 Å². The van der Waals surface area contributed by atoms with E-state index in [0.29, 0.717) is 17.5 Å². The van der Waals surface area contributed by atoms with E-state index < -0.39 is 0 Å². The third-order valence-corrected chi connectivity index (χ3v) is 4.02. The maximum atomic E-state index is 6.19. The van der Waals surface area contributed by atoms with Crippen LogP contribution in [0.5, 0.6) is 0 Å². The molecule has 4 nitrogen and oxygen atoms in total. The van der Waals surface area contributed by atoms with Crippen LogP contribution >= 0.6 is 34.2 Å². The van der Waals surface area contributed by atoms with E-state index in [2.05, 4.69) is 37.9 Å². The zero-order valence-corrected chi connectivity index (χ0v) is 13.5. The molecule has 0 spiro atoms. The van der Waals surface area contributed by atoms with Gasteiger partial charge in [-0.1, -0.05) is 23.7 Å². The van der Waals surface area contributed by atoms with E-state index >= 15 is 0 Å². The number of methoxy groups -OCH3 is 1. The lowest BCUT2D eigenvalue weighted by Gasteiger charge is -2.11. The largest absolute Gasteiger partial charge is 0.378 e. The fraction of sp³-hybridized carbons (Fsp3) is 0.231. The highest BCUT2D eigenvalue weighted by Gasteiger charge is 2.14. The van der Waals surface area contributed by atoms with E-state index in [0.717, 1.165) is 20.6 Å². The lowest BCUT2D eigenvalue weighted by atomic mass is 10.2. The minimum atomic E-state index is 0.437. The molecule has 1 heterocycles. The predicted molar refractivity (Wildman–Crippen MR) is 85.5 cm³/mol. The van der Waals surface area contributed by atoms with Gasteiger partial charge in [-0.05, 0) is 34.7 Å². The molecule has 0 amide bonds. The summed E-state index contributed by atoms with van der Waals surface area (Å²) in [7, 11) is 3.48. The predicted octanol–water partition coefficient (Wildman–Crippen LogP) is 3.59. The van der Waals surface area contributed by atoms with Crippen molar-refractivity contribution in [3.8, 4) is 11.4 Å². The molecule has 0 saturated carbocycles. The first kappa shape index (κ1) is 14.5. The Kier molecular flexibility index (Phi) is 4.95. The second-order valence-corrected chi connectivity index (χ2v) is 5.31. The molecule has 19 heavy (non-hydrogen) atoms. The molecular weight excluding hydrogens is 377 g/mol. The van der Waals surface area contributed by atoms with Gasteiger partial charge in [0.15, 0.2) is 5.82 Å². The minimum Gasteiger partial charge on any atom is -0.378 e. The van der Waals surface area contributed by atoms with E-state index in [4.69, 9.17) is 16.3 Å². The summed E-state index contributed by atoms with van der Waals surface area (Å²) in [5.74, 6) is 1.37. The molecular formula is C13H13ClIN3O. The van der Waals surface area contributed by atoms with Gasteiger partial charge in [0.05, 0.1) is 20.9 Å². The number of hydrogen-bond donors (Lipinski definition) is 1. The molecule has 100 valence electrons. The number of ether oxygens (including phenoxy) is 1. The quantitative estimate of drug-likeness (QED) is 0.812. The Hall–Kier alpha value is -0.920. The molecule has 0 aliphatic heterocycles. The van der Waals surface area contributed by atoms with Crippen molar-refractivity contribution in [2.45, 2.75) is 6.61 Å². The van der Waals surface area contributed by atoms with Gasteiger partial charge in [0.25, 0.3) is 0 Å². The highest BCUT2D eigenvalue weighted by molar-refractivity contribution is 14.1. The molecule has 1 aromatic heterocycles. The van der Waals surface area contributed by atoms with Crippen molar-refractivity contribution in [1.29, 1.82) is 0 Å². The first-order valence-electron chi connectivity index (χ1n) is 5.65. The zero-order valence-electron chi connectivity index (χ0n) is 10.6. The van der Waals surface area contributed by atoms with Crippen LogP contribution in [0.3, 0.4) is 0 Å². The van der Waals surface area contributed by atoms with Gasteiger partial charge in [-0.25, -0.2) is 9.97 Å². The maximum Gasteiger partial charge on any atom is 0.163 e. The van der Waals surface area contributed by atoms with Gasteiger partial charge in [-0.2, -0.15) is 0 Å². The number of aromatic nitrogens is 2. The third kappa shape index (κ3) is 3.16. The van der Waals surface area contributed by atoms with Crippen LogP contribution in [0.2, 0.25) is 5.02 Å². The molecule has 2 aromatic rings. The van der Waals surface area contributed by atoms with Crippen LogP contribution < -0.4 is 5.32 Å². The summed E-state index contributed by atoms with van der Waals surface area (Å²) in [5.41, 5.74) is 1.66. The molecule has 1 N–H and O–H groups in total. The summed E-state index contributed by atoms with van der Waals surface area (Å²) in [6, 6.07) is 7.53. The normalized spacial score (nSPS) is 10.5. The minimum absolute atomic E-state index is 0.437. The van der Waals surface area contributed by atoms with Crippen LogP contribution in [0.15, 0.2) is 24.3 Å². The van der Waals surface area contributed by atoms with Gasteiger partial charge < -0.3 is 10.1 Å². The van der Waals surface area contributed by atoms with Crippen molar-refractivity contribution in [3.63, 3.8) is 0 Å². The zero-order chi connectivity index (χ0) is 13.8. The Morgan fingerprint density at radius 3 is 2.68 bits per heavy atom. The van der Waals surface area contributed by atoms with Crippen molar-refractivity contribution >= 4 is 40.0 Å². The Bertz CT molecular complexity index is 592. The standard InChI is InChI=1S/C13H13ClIN3O/c1-16-13-11(15)10(7-19-2)17-12(18-13)8-5-3-4-6-9(8)14/h3-6H,7H2,1-2H3,(H,16,17,18). The molecule has 0 saturated heterocycles. The van der Waals surface area contributed by atoms with E-state index in [1.807, 2.05) is 31.3 Å². The van der Waals surface area contributed by atoms with Gasteiger partial charge in [0.1, 0.15) is 5.82 Å². The SMILES string of the molecule is CNc1nc(-c2ccccc2Cl)nc(COC)c1I. The highest BCUT2D eigenvalue weighted by atomic mass is 127. The average Bonchev–Trinajstić information content (AvgIpc) is 2.42. The van der Waals surface area contributed by atoms with Gasteiger partial charge in [0, 0.05) is 19.7 Å². The van der Waals surface area contributed by atoms with Crippen molar-refractivity contribution in [2.24, 2.45) is 0 Å². The number of benzene rings is 1. The van der Waals surface area contributed by atoms with E-state index in [1.54, 1.807) is 7.11 Å². The number of anilines is 1. The Morgan fingerprint density at radius 2 is 2.05 bits per heavy atom. The van der Waals surface area contributed by atoms with Crippen LogP contribution in [0.4, 0.5) is 5.82 Å². The number of nitrogens with zero attached hydrogens (tertiary/aromatic N) is 2. The summed E-state index contributed by atoms with van der Waals surface area (Å²) >= 11 is 8.40. The molecule has 0 fully saturated rings. The molecule has 0 bridgehead atoms. The summed E-state index contributed by atoms with van der Waals surface area (Å²) < 4.78 is 6.13. The first-order chi connectivity index (χ1) is 9.17. The summed E-state index contributed by atoms with van der Waals surface area (Å²) in [6.45, 7) is 0.437. The molecule has 0 aliphatic rings. The van der Waals surface area contributed by atoms with E-state index in [-0.39, 0.29) is 0 Å². The second kappa shape index (κ2) is 6.49. The molecule has 6 heteroatoms. The van der Waals surface area contributed by atoms with Crippen LogP contribution in [-0.4, -0.2) is 24.1 Å². The van der Waals surface area contributed by atoms with Crippen LogP contribution in [0.25, 0.3) is 11.4 Å². The summed E-state index contributed by atoms with van der Waals surface area (Å²) in [6.07, 6.45) is 0. The number of halogens is 2.